The maximum atomic E-state index is 5.36. The lowest BCUT2D eigenvalue weighted by Gasteiger charge is -1.91. The van der Waals surface area contributed by atoms with E-state index in [1.54, 1.807) is 18.7 Å². The van der Waals surface area contributed by atoms with Gasteiger partial charge >= 0.3 is 0 Å². The first-order chi connectivity index (χ1) is 18.7. The molecule has 0 amide bonds. The maximum absolute atomic E-state index is 5.36. The van der Waals surface area contributed by atoms with Gasteiger partial charge in [-0.25, -0.2) is 10.3 Å². The molecule has 2 N–H and O–H groups in total. The van der Waals surface area contributed by atoms with Crippen molar-refractivity contribution < 1.29 is 9.05 Å². The minimum atomic E-state index is 0.697. The van der Waals surface area contributed by atoms with Gasteiger partial charge in [-0.15, -0.1) is 10.2 Å². The number of fused-ring (bicyclic) bond motifs is 1. The average molecular weight is 498 g/mol. The minimum absolute atomic E-state index is 0.697. The summed E-state index contributed by atoms with van der Waals surface area (Å²) in [4.78, 5) is 4.69. The van der Waals surface area contributed by atoms with Crippen LogP contribution in [-0.2, 0) is 0 Å². The predicted octanol–water partition coefficient (Wildman–Crippen LogP) is 3.00. The largest absolute Gasteiger partial charge is 0.390 e. The highest BCUT2D eigenvalue weighted by Gasteiger charge is 2.10. The Balaban J connectivity index is 1.58. The first-order valence-corrected chi connectivity index (χ1v) is 12.0. The van der Waals surface area contributed by atoms with E-state index in [4.69, 9.17) is 9.05 Å². The Morgan fingerprint density at radius 2 is 1.26 bits per heavy atom. The summed E-state index contributed by atoms with van der Waals surface area (Å²) in [5.74, 6) is 0. The second-order valence-electron chi connectivity index (χ2n) is 8.71. The van der Waals surface area contributed by atoms with Crippen LogP contribution in [0.3, 0.4) is 0 Å². The third kappa shape index (κ3) is 4.44. The van der Waals surface area contributed by atoms with E-state index in [1.165, 1.54) is 0 Å². The van der Waals surface area contributed by atoms with E-state index < -0.39 is 0 Å². The molecule has 0 fully saturated rings. The molecule has 7 heteroatoms. The minimum Gasteiger partial charge on any atom is -0.390 e. The van der Waals surface area contributed by atoms with Crippen LogP contribution in [0.2, 0.25) is 0 Å². The Labute approximate surface area is 216 Å². The molecule has 6 aliphatic rings. The first kappa shape index (κ1) is 23.0. The number of aromatic nitrogens is 5. The zero-order chi connectivity index (χ0) is 25.9. The van der Waals surface area contributed by atoms with Crippen LogP contribution in [0, 0.1) is 21.1 Å². The summed E-state index contributed by atoms with van der Waals surface area (Å²) in [5, 5.41) is 21.8. The highest BCUT2D eigenvalue weighted by molar-refractivity contribution is 5.71. The highest BCUT2D eigenvalue weighted by Crippen LogP contribution is 2.21. The number of nitrogens with zero attached hydrogens (tertiary/aromatic N) is 3. The van der Waals surface area contributed by atoms with Crippen molar-refractivity contribution >= 4 is 25.3 Å². The van der Waals surface area contributed by atoms with E-state index >= 15 is 0 Å². The molecule has 4 heterocycles. The molecule has 0 aromatic heterocycles. The molecule has 0 atom stereocenters. The SMILES string of the molecule is C=c1cco[nH]c2cccc/c(=C\c3ccc4c(/C=c5\ccccc6[nH]occc(=C)c5=6)nnc-4cn3)c1=2. The number of hydrogen-bond acceptors (Lipinski definition) is 5. The molecule has 4 aliphatic heterocycles. The van der Waals surface area contributed by atoms with E-state index in [0.29, 0.717) is 5.69 Å². The van der Waals surface area contributed by atoms with Crippen LogP contribution in [0.1, 0.15) is 11.4 Å². The molecule has 0 aromatic rings. The second kappa shape index (κ2) is 9.91. The summed E-state index contributed by atoms with van der Waals surface area (Å²) in [6.07, 6.45) is 8.92. The van der Waals surface area contributed by atoms with Gasteiger partial charge in [0.1, 0.15) is 18.2 Å². The van der Waals surface area contributed by atoms with Gasteiger partial charge in [0.15, 0.2) is 0 Å². The van der Waals surface area contributed by atoms with Gasteiger partial charge in [-0.05, 0) is 69.4 Å². The van der Waals surface area contributed by atoms with Crippen molar-refractivity contribution in [2.24, 2.45) is 0 Å². The Hall–Kier alpha value is -5.43. The molecule has 0 unspecified atom stereocenters. The van der Waals surface area contributed by atoms with Crippen LogP contribution in [0.4, 0.5) is 0 Å². The molecule has 0 radical (unpaired) electrons. The summed E-state index contributed by atoms with van der Waals surface area (Å²) in [5.41, 5.74) is 3.09. The fourth-order valence-corrected chi connectivity index (χ4v) is 4.45. The average Bonchev–Trinajstić information content (AvgIpc) is 3.25. The molecule has 7 nitrogen and oxygen atoms in total. The molecule has 0 bridgehead atoms. The monoisotopic (exact) mass is 497 g/mol. The second-order valence-corrected chi connectivity index (χ2v) is 8.71. The topological polar surface area (TPSA) is 96.5 Å². The fourth-order valence-electron chi connectivity index (χ4n) is 4.45. The summed E-state index contributed by atoms with van der Waals surface area (Å²) in [6, 6.07) is 23.4. The van der Waals surface area contributed by atoms with Crippen LogP contribution in [0.5, 0.6) is 0 Å². The molecular formula is C31H23N5O2. The summed E-state index contributed by atoms with van der Waals surface area (Å²) < 4.78 is 10.7. The molecule has 0 saturated carbocycles. The van der Waals surface area contributed by atoms with Gasteiger partial charge in [-0.1, -0.05) is 49.6 Å². The van der Waals surface area contributed by atoms with E-state index in [2.05, 4.69) is 38.7 Å². The van der Waals surface area contributed by atoms with Crippen molar-refractivity contribution in [1.29, 1.82) is 0 Å². The standard InChI is InChI=1S/C31H23N5O2/c1-20-13-15-37-35-26-9-5-3-7-22(30(20)26)17-24-11-12-25-28(33-34-29(25)19-32-24)18-23-8-4-6-10-27-31(23)21(2)14-16-38-36-27/h3-19,35-36H,1-2H2/b22-17+,23-18+. The van der Waals surface area contributed by atoms with Crippen molar-refractivity contribution in [3.05, 3.63) is 145 Å². The molecule has 2 aliphatic carbocycles. The van der Waals surface area contributed by atoms with Crippen LogP contribution < -0.4 is 20.9 Å². The summed E-state index contributed by atoms with van der Waals surface area (Å²) >= 11 is 0. The van der Waals surface area contributed by atoms with Gasteiger partial charge in [-0.3, -0.25) is 4.98 Å². The van der Waals surface area contributed by atoms with Gasteiger partial charge < -0.3 is 9.05 Å². The smallest absolute Gasteiger partial charge is 0.119 e. The lowest BCUT2D eigenvalue weighted by Crippen LogP contribution is -2.12. The first-order valence-electron chi connectivity index (χ1n) is 12.0. The van der Waals surface area contributed by atoms with E-state index in [1.807, 2.05) is 84.9 Å². The number of rotatable bonds is 2. The molecule has 184 valence electrons. The van der Waals surface area contributed by atoms with Crippen molar-refractivity contribution in [2.45, 2.75) is 0 Å². The Kier molecular flexibility index (Phi) is 6.00. The molecule has 38 heavy (non-hydrogen) atoms. The third-order valence-corrected chi connectivity index (χ3v) is 6.24. The van der Waals surface area contributed by atoms with Crippen molar-refractivity contribution in [3.63, 3.8) is 0 Å². The third-order valence-electron chi connectivity index (χ3n) is 6.24. The molecular weight excluding hydrogens is 474 g/mol. The lowest BCUT2D eigenvalue weighted by atomic mass is 10.1. The number of H-pyrrole nitrogens is 2. The zero-order valence-corrected chi connectivity index (χ0v) is 20.4. The van der Waals surface area contributed by atoms with Crippen LogP contribution in [0.15, 0.2) is 101 Å². The van der Waals surface area contributed by atoms with Gasteiger partial charge in [-0.2, -0.15) is 0 Å². The van der Waals surface area contributed by atoms with Crippen LogP contribution in [-0.4, -0.2) is 25.5 Å². The van der Waals surface area contributed by atoms with Gasteiger partial charge in [0.25, 0.3) is 0 Å². The van der Waals surface area contributed by atoms with Crippen molar-refractivity contribution in [2.75, 3.05) is 0 Å². The molecule has 6 rings (SSSR count). The summed E-state index contributed by atoms with van der Waals surface area (Å²) in [7, 11) is 0. The van der Waals surface area contributed by atoms with Gasteiger partial charge in [0.05, 0.1) is 28.3 Å². The maximum Gasteiger partial charge on any atom is 0.119 e. The van der Waals surface area contributed by atoms with E-state index in [0.717, 1.165) is 59.0 Å². The van der Waals surface area contributed by atoms with Crippen molar-refractivity contribution in [1.82, 2.24) is 25.5 Å². The van der Waals surface area contributed by atoms with Crippen LogP contribution >= 0.6 is 0 Å². The lowest BCUT2D eigenvalue weighted by molar-refractivity contribution is 0.399. The molecule has 0 saturated heterocycles. The number of aromatic amines is 2. The zero-order valence-electron chi connectivity index (χ0n) is 20.4. The number of hydrogen-bond donors (Lipinski definition) is 2. The normalized spacial score (nSPS) is 12.2. The van der Waals surface area contributed by atoms with Gasteiger partial charge in [0, 0.05) is 16.0 Å². The number of nitrogens with one attached hydrogen (secondary N) is 2. The molecule has 0 aromatic carbocycles. The predicted molar refractivity (Wildman–Crippen MR) is 145 cm³/mol. The fraction of sp³-hybridized carbons (Fsp3) is 0. The molecule has 0 spiro atoms. The van der Waals surface area contributed by atoms with E-state index in [9.17, 15) is 0 Å². The Morgan fingerprint density at radius 3 is 1.92 bits per heavy atom. The summed E-state index contributed by atoms with van der Waals surface area (Å²) in [6.45, 7) is 8.40. The van der Waals surface area contributed by atoms with Gasteiger partial charge in [0.2, 0.25) is 0 Å². The van der Waals surface area contributed by atoms with Crippen LogP contribution in [0.25, 0.3) is 36.6 Å². The highest BCUT2D eigenvalue weighted by atomic mass is 16.5. The van der Waals surface area contributed by atoms with Crippen molar-refractivity contribution in [3.8, 4) is 11.3 Å². The van der Waals surface area contributed by atoms with E-state index in [-0.39, 0.29) is 0 Å². The quantitative estimate of drug-likeness (QED) is 0.384. The Morgan fingerprint density at radius 1 is 0.658 bits per heavy atom. The Bertz CT molecular complexity index is 2190.